The van der Waals surface area contributed by atoms with Crippen LogP contribution in [0.25, 0.3) is 0 Å². The second kappa shape index (κ2) is 3.88. The van der Waals surface area contributed by atoms with Gasteiger partial charge in [0.2, 0.25) is 0 Å². The zero-order valence-electron chi connectivity index (χ0n) is 4.63. The van der Waals surface area contributed by atoms with Crippen molar-refractivity contribution in [1.82, 2.24) is 0 Å². The summed E-state index contributed by atoms with van der Waals surface area (Å²) in [6.07, 6.45) is -5.46. The SMILES string of the molecule is FC(F)(F)CC(Cl)C(Cl)Cl. The molecule has 0 heterocycles. The van der Waals surface area contributed by atoms with Crippen LogP contribution in [0.1, 0.15) is 6.42 Å². The normalized spacial score (nSPS) is 15.9. The monoisotopic (exact) mass is 214 g/mol. The van der Waals surface area contributed by atoms with Gasteiger partial charge in [0.05, 0.1) is 11.8 Å². The van der Waals surface area contributed by atoms with Crippen molar-refractivity contribution >= 4 is 34.8 Å². The third kappa shape index (κ3) is 5.45. The molecule has 10 heavy (non-hydrogen) atoms. The lowest BCUT2D eigenvalue weighted by atomic mass is 10.3. The van der Waals surface area contributed by atoms with E-state index in [4.69, 9.17) is 34.8 Å². The van der Waals surface area contributed by atoms with Gasteiger partial charge in [-0.3, -0.25) is 0 Å². The summed E-state index contributed by atoms with van der Waals surface area (Å²) in [5.74, 6) is 0. The minimum Gasteiger partial charge on any atom is -0.171 e. The molecule has 0 aromatic rings. The second-order valence-corrected chi connectivity index (χ2v) is 3.39. The average molecular weight is 215 g/mol. The second-order valence-electron chi connectivity index (χ2n) is 1.67. The first-order valence-electron chi connectivity index (χ1n) is 2.32. The molecule has 0 fully saturated rings. The maximum atomic E-state index is 11.5. The minimum absolute atomic E-state index is 1.16. The lowest BCUT2D eigenvalue weighted by Crippen LogP contribution is -2.19. The molecular formula is C4H4Cl3F3. The van der Waals surface area contributed by atoms with Crippen LogP contribution in [0.2, 0.25) is 0 Å². The lowest BCUT2D eigenvalue weighted by Gasteiger charge is -2.11. The van der Waals surface area contributed by atoms with Gasteiger partial charge in [0.25, 0.3) is 0 Å². The van der Waals surface area contributed by atoms with E-state index >= 15 is 0 Å². The summed E-state index contributed by atoms with van der Waals surface area (Å²) in [6.45, 7) is 0. The van der Waals surface area contributed by atoms with Crippen LogP contribution in [0.15, 0.2) is 0 Å². The standard InChI is InChI=1S/C4H4Cl3F3/c5-2(3(6)7)1-4(8,9)10/h2-3H,1H2. The summed E-state index contributed by atoms with van der Waals surface area (Å²) in [5, 5.41) is -1.26. The third-order valence-corrected chi connectivity index (χ3v) is 1.97. The summed E-state index contributed by atoms with van der Waals surface area (Å²) in [6, 6.07) is 0. The summed E-state index contributed by atoms with van der Waals surface area (Å²) in [7, 11) is 0. The summed E-state index contributed by atoms with van der Waals surface area (Å²) < 4.78 is 34.4. The molecule has 0 rings (SSSR count). The van der Waals surface area contributed by atoms with Gasteiger partial charge in [0.15, 0.2) is 0 Å². The fourth-order valence-electron chi connectivity index (χ4n) is 0.310. The molecule has 0 aliphatic carbocycles. The van der Waals surface area contributed by atoms with Crippen LogP contribution in [-0.2, 0) is 0 Å². The van der Waals surface area contributed by atoms with E-state index in [1.807, 2.05) is 0 Å². The number of hydrogen-bond acceptors (Lipinski definition) is 0. The van der Waals surface area contributed by atoms with E-state index in [1.165, 1.54) is 0 Å². The van der Waals surface area contributed by atoms with Gasteiger partial charge in [-0.15, -0.1) is 34.8 Å². The number of halogens is 6. The Balaban J connectivity index is 3.68. The Labute approximate surface area is 71.2 Å². The zero-order valence-corrected chi connectivity index (χ0v) is 6.90. The van der Waals surface area contributed by atoms with E-state index in [0.717, 1.165) is 0 Å². The molecule has 0 N–H and O–H groups in total. The van der Waals surface area contributed by atoms with Gasteiger partial charge in [0, 0.05) is 0 Å². The third-order valence-electron chi connectivity index (χ3n) is 0.700. The van der Waals surface area contributed by atoms with Gasteiger partial charge in [0.1, 0.15) is 4.84 Å². The number of alkyl halides is 6. The predicted molar refractivity (Wildman–Crippen MR) is 35.8 cm³/mol. The minimum atomic E-state index is -4.30. The maximum Gasteiger partial charge on any atom is 0.390 e. The molecule has 1 atom stereocenters. The van der Waals surface area contributed by atoms with Gasteiger partial charge in [-0.25, -0.2) is 0 Å². The Morgan fingerprint density at radius 1 is 1.10 bits per heavy atom. The number of rotatable bonds is 2. The Morgan fingerprint density at radius 3 is 1.60 bits per heavy atom. The summed E-state index contributed by atoms with van der Waals surface area (Å²) >= 11 is 15.3. The first-order valence-corrected chi connectivity index (χ1v) is 3.63. The van der Waals surface area contributed by atoms with Gasteiger partial charge < -0.3 is 0 Å². The molecule has 0 amide bonds. The van der Waals surface area contributed by atoms with Crippen molar-refractivity contribution in [1.29, 1.82) is 0 Å². The molecule has 0 aliphatic rings. The highest BCUT2D eigenvalue weighted by atomic mass is 35.5. The van der Waals surface area contributed by atoms with Gasteiger partial charge >= 0.3 is 6.18 Å². The molecular weight excluding hydrogens is 211 g/mol. The van der Waals surface area contributed by atoms with Crippen LogP contribution in [-0.4, -0.2) is 16.4 Å². The Bertz CT molecular complexity index is 100. The highest BCUT2D eigenvalue weighted by molar-refractivity contribution is 6.48. The smallest absolute Gasteiger partial charge is 0.171 e. The molecule has 0 saturated heterocycles. The van der Waals surface area contributed by atoms with Crippen LogP contribution in [0.5, 0.6) is 0 Å². The molecule has 0 aromatic heterocycles. The van der Waals surface area contributed by atoms with Crippen molar-refractivity contribution in [3.05, 3.63) is 0 Å². The van der Waals surface area contributed by atoms with Crippen LogP contribution < -0.4 is 0 Å². The quantitative estimate of drug-likeness (QED) is 0.620. The topological polar surface area (TPSA) is 0 Å². The molecule has 0 aromatic carbocycles. The fraction of sp³-hybridized carbons (Fsp3) is 1.00. The first-order chi connectivity index (χ1) is 4.33. The highest BCUT2D eigenvalue weighted by Gasteiger charge is 2.33. The van der Waals surface area contributed by atoms with E-state index in [-0.39, 0.29) is 0 Å². The van der Waals surface area contributed by atoms with E-state index in [1.54, 1.807) is 0 Å². The van der Waals surface area contributed by atoms with Crippen molar-refractivity contribution in [3.63, 3.8) is 0 Å². The van der Waals surface area contributed by atoms with E-state index in [9.17, 15) is 13.2 Å². The molecule has 0 spiro atoms. The predicted octanol–water partition coefficient (Wildman–Crippen LogP) is 3.35. The zero-order chi connectivity index (χ0) is 8.36. The van der Waals surface area contributed by atoms with Crippen LogP contribution >= 0.6 is 34.8 Å². The molecule has 0 bridgehead atoms. The Hall–Kier alpha value is 0.660. The van der Waals surface area contributed by atoms with Gasteiger partial charge in [-0.1, -0.05) is 0 Å². The molecule has 6 heteroatoms. The summed E-state index contributed by atoms with van der Waals surface area (Å²) in [4.78, 5) is -1.18. The fourth-order valence-corrected chi connectivity index (χ4v) is 0.663. The first kappa shape index (κ1) is 10.7. The van der Waals surface area contributed by atoms with Crippen LogP contribution in [0.3, 0.4) is 0 Å². The van der Waals surface area contributed by atoms with Gasteiger partial charge in [-0.2, -0.15) is 13.2 Å². The largest absolute Gasteiger partial charge is 0.390 e. The average Bonchev–Trinajstić information content (AvgIpc) is 1.60. The van der Waals surface area contributed by atoms with Crippen molar-refractivity contribution in [2.75, 3.05) is 0 Å². The van der Waals surface area contributed by atoms with Crippen molar-refractivity contribution in [2.45, 2.75) is 22.8 Å². The van der Waals surface area contributed by atoms with Gasteiger partial charge in [-0.05, 0) is 0 Å². The number of hydrogen-bond donors (Lipinski definition) is 0. The molecule has 0 aliphatic heterocycles. The maximum absolute atomic E-state index is 11.5. The Morgan fingerprint density at radius 2 is 1.50 bits per heavy atom. The van der Waals surface area contributed by atoms with Crippen molar-refractivity contribution in [2.24, 2.45) is 0 Å². The molecule has 62 valence electrons. The molecule has 0 saturated carbocycles. The summed E-state index contributed by atoms with van der Waals surface area (Å²) in [5.41, 5.74) is 0. The van der Waals surface area contributed by atoms with Crippen LogP contribution in [0.4, 0.5) is 13.2 Å². The van der Waals surface area contributed by atoms with Crippen molar-refractivity contribution < 1.29 is 13.2 Å². The Kier molecular flexibility index (Phi) is 4.14. The molecule has 0 nitrogen and oxygen atoms in total. The highest BCUT2D eigenvalue weighted by Crippen LogP contribution is 2.28. The van der Waals surface area contributed by atoms with Crippen LogP contribution in [0, 0.1) is 0 Å². The lowest BCUT2D eigenvalue weighted by molar-refractivity contribution is -0.134. The van der Waals surface area contributed by atoms with Crippen molar-refractivity contribution in [3.8, 4) is 0 Å². The molecule has 1 unspecified atom stereocenters. The van der Waals surface area contributed by atoms with E-state index in [0.29, 0.717) is 0 Å². The van der Waals surface area contributed by atoms with E-state index < -0.39 is 22.8 Å². The van der Waals surface area contributed by atoms with E-state index in [2.05, 4.69) is 0 Å². The molecule has 0 radical (unpaired) electrons.